The van der Waals surface area contributed by atoms with Gasteiger partial charge in [-0.15, -0.1) is 0 Å². The fourth-order valence-corrected chi connectivity index (χ4v) is 2.69. The van der Waals surface area contributed by atoms with Gasteiger partial charge in [0.1, 0.15) is 0 Å². The van der Waals surface area contributed by atoms with Crippen LogP contribution in [0.5, 0.6) is 0 Å². The molecule has 0 aromatic carbocycles. The molecular weight excluding hydrogens is 296 g/mol. The Morgan fingerprint density at radius 2 is 2.17 bits per heavy atom. The van der Waals surface area contributed by atoms with Gasteiger partial charge in [0.2, 0.25) is 11.8 Å². The summed E-state index contributed by atoms with van der Waals surface area (Å²) in [7, 11) is 6.92. The molecule has 2 rings (SSSR count). The molecule has 1 fully saturated rings. The van der Waals surface area contributed by atoms with Crippen LogP contribution in [0.4, 0.5) is 0 Å². The SMILES string of the molecule is CO[C@H]1CN(C(=O)/C=C/c2cnn(C)c2)C[C@@H]1CC(=O)N(C)C. The highest BCUT2D eigenvalue weighted by Crippen LogP contribution is 2.23. The fraction of sp³-hybridized carbons (Fsp3) is 0.562. The molecule has 0 N–H and O–H groups in total. The van der Waals surface area contributed by atoms with Crippen LogP contribution in [-0.4, -0.2) is 71.8 Å². The molecule has 1 aromatic heterocycles. The zero-order valence-electron chi connectivity index (χ0n) is 14.1. The van der Waals surface area contributed by atoms with Gasteiger partial charge in [-0.05, 0) is 6.08 Å². The number of rotatable bonds is 5. The quantitative estimate of drug-likeness (QED) is 0.736. The molecule has 2 atom stereocenters. The summed E-state index contributed by atoms with van der Waals surface area (Å²) in [6, 6.07) is 0. The van der Waals surface area contributed by atoms with Crippen molar-refractivity contribution in [3.63, 3.8) is 0 Å². The first kappa shape index (κ1) is 17.2. The molecule has 7 nitrogen and oxygen atoms in total. The van der Waals surface area contributed by atoms with Crippen molar-refractivity contribution in [2.24, 2.45) is 13.0 Å². The molecule has 7 heteroatoms. The number of aryl methyl sites for hydroxylation is 1. The summed E-state index contributed by atoms with van der Waals surface area (Å²) < 4.78 is 7.13. The van der Waals surface area contributed by atoms with Crippen LogP contribution in [0.1, 0.15) is 12.0 Å². The van der Waals surface area contributed by atoms with Crippen molar-refractivity contribution in [1.29, 1.82) is 0 Å². The summed E-state index contributed by atoms with van der Waals surface area (Å²) in [5.74, 6) is 0.0126. The molecule has 1 aliphatic heterocycles. The summed E-state index contributed by atoms with van der Waals surface area (Å²) in [6.45, 7) is 1.05. The third kappa shape index (κ3) is 4.41. The molecule has 2 amide bonds. The Bertz CT molecular complexity index is 594. The van der Waals surface area contributed by atoms with Crippen LogP contribution in [0.25, 0.3) is 6.08 Å². The Morgan fingerprint density at radius 3 is 2.74 bits per heavy atom. The lowest BCUT2D eigenvalue weighted by atomic mass is 10.0. The van der Waals surface area contributed by atoms with Crippen molar-refractivity contribution in [3.8, 4) is 0 Å². The van der Waals surface area contributed by atoms with Gasteiger partial charge in [-0.2, -0.15) is 5.10 Å². The first-order valence-corrected chi connectivity index (χ1v) is 7.59. The van der Waals surface area contributed by atoms with E-state index in [4.69, 9.17) is 4.74 Å². The smallest absolute Gasteiger partial charge is 0.246 e. The number of hydrogen-bond donors (Lipinski definition) is 0. The predicted octanol–water partition coefficient (Wildman–Crippen LogP) is 0.385. The number of ether oxygens (including phenoxy) is 1. The summed E-state index contributed by atoms with van der Waals surface area (Å²) in [4.78, 5) is 27.5. The Hall–Kier alpha value is -2.15. The van der Waals surface area contributed by atoms with Crippen LogP contribution in [0.3, 0.4) is 0 Å². The lowest BCUT2D eigenvalue weighted by Crippen LogP contribution is -2.29. The van der Waals surface area contributed by atoms with Crippen LogP contribution in [0.15, 0.2) is 18.5 Å². The van der Waals surface area contributed by atoms with Crippen molar-refractivity contribution in [2.75, 3.05) is 34.3 Å². The molecule has 126 valence electrons. The number of nitrogens with zero attached hydrogens (tertiary/aromatic N) is 4. The number of aromatic nitrogens is 2. The largest absolute Gasteiger partial charge is 0.379 e. The zero-order chi connectivity index (χ0) is 17.0. The van der Waals surface area contributed by atoms with E-state index < -0.39 is 0 Å². The summed E-state index contributed by atoms with van der Waals surface area (Å²) >= 11 is 0. The van der Waals surface area contributed by atoms with Crippen molar-refractivity contribution >= 4 is 17.9 Å². The van der Waals surface area contributed by atoms with E-state index in [0.29, 0.717) is 19.5 Å². The van der Waals surface area contributed by atoms with E-state index in [1.54, 1.807) is 54.0 Å². The molecule has 0 unspecified atom stereocenters. The molecule has 1 aliphatic rings. The second-order valence-electron chi connectivity index (χ2n) is 6.05. The van der Waals surface area contributed by atoms with Gasteiger partial charge < -0.3 is 14.5 Å². The van der Waals surface area contributed by atoms with Gasteiger partial charge in [-0.1, -0.05) is 0 Å². The standard InChI is InChI=1S/C16H24N4O3/c1-18(2)16(22)7-13-10-20(11-14(13)23-4)15(21)6-5-12-8-17-19(3)9-12/h5-6,8-9,13-14H,7,10-11H2,1-4H3/b6-5+/t13-,14-/m0/s1. The first-order valence-electron chi connectivity index (χ1n) is 7.59. The van der Waals surface area contributed by atoms with Gasteiger partial charge >= 0.3 is 0 Å². The Balaban J connectivity index is 1.96. The number of carbonyl (C=O) groups is 2. The molecule has 0 spiro atoms. The van der Waals surface area contributed by atoms with Crippen molar-refractivity contribution < 1.29 is 14.3 Å². The Kier molecular flexibility index (Phi) is 5.54. The molecule has 0 bridgehead atoms. The van der Waals surface area contributed by atoms with E-state index in [9.17, 15) is 9.59 Å². The van der Waals surface area contributed by atoms with E-state index in [0.717, 1.165) is 5.56 Å². The number of amides is 2. The van der Waals surface area contributed by atoms with Crippen molar-refractivity contribution in [1.82, 2.24) is 19.6 Å². The molecule has 2 heterocycles. The number of carbonyl (C=O) groups excluding carboxylic acids is 2. The first-order chi connectivity index (χ1) is 10.9. The van der Waals surface area contributed by atoms with E-state index in [1.165, 1.54) is 0 Å². The van der Waals surface area contributed by atoms with Crippen LogP contribution < -0.4 is 0 Å². The van der Waals surface area contributed by atoms with E-state index in [1.807, 2.05) is 13.2 Å². The normalized spacial score (nSPS) is 21.1. The molecular formula is C16H24N4O3. The lowest BCUT2D eigenvalue weighted by molar-refractivity contribution is -0.130. The monoisotopic (exact) mass is 320 g/mol. The highest BCUT2D eigenvalue weighted by Gasteiger charge is 2.36. The van der Waals surface area contributed by atoms with E-state index in [-0.39, 0.29) is 23.8 Å². The van der Waals surface area contributed by atoms with Gasteiger partial charge in [0, 0.05) is 71.5 Å². The van der Waals surface area contributed by atoms with Gasteiger partial charge in [0.05, 0.1) is 12.3 Å². The van der Waals surface area contributed by atoms with Crippen molar-refractivity contribution in [3.05, 3.63) is 24.0 Å². The fourth-order valence-electron chi connectivity index (χ4n) is 2.69. The van der Waals surface area contributed by atoms with Crippen molar-refractivity contribution in [2.45, 2.75) is 12.5 Å². The Morgan fingerprint density at radius 1 is 1.43 bits per heavy atom. The zero-order valence-corrected chi connectivity index (χ0v) is 14.1. The maximum atomic E-state index is 12.3. The average Bonchev–Trinajstić information content (AvgIpc) is 3.10. The predicted molar refractivity (Wildman–Crippen MR) is 86.4 cm³/mol. The second-order valence-corrected chi connectivity index (χ2v) is 6.05. The molecule has 1 aromatic rings. The average molecular weight is 320 g/mol. The molecule has 0 aliphatic carbocycles. The van der Waals surface area contributed by atoms with Gasteiger partial charge in [0.25, 0.3) is 0 Å². The summed E-state index contributed by atoms with van der Waals surface area (Å²) in [5, 5.41) is 4.06. The third-order valence-electron chi connectivity index (χ3n) is 4.07. The van der Waals surface area contributed by atoms with E-state index in [2.05, 4.69) is 5.10 Å². The minimum absolute atomic E-state index is 0.0330. The minimum Gasteiger partial charge on any atom is -0.379 e. The van der Waals surface area contributed by atoms with Gasteiger partial charge in [-0.3, -0.25) is 14.3 Å². The lowest BCUT2D eigenvalue weighted by Gasteiger charge is -2.18. The molecule has 1 saturated heterocycles. The number of likely N-dealkylation sites (tertiary alicyclic amines) is 1. The molecule has 0 radical (unpaired) electrons. The van der Waals surface area contributed by atoms with Crippen LogP contribution in [-0.2, 0) is 21.4 Å². The molecule has 23 heavy (non-hydrogen) atoms. The highest BCUT2D eigenvalue weighted by molar-refractivity contribution is 5.92. The van der Waals surface area contributed by atoms with Gasteiger partial charge in [0.15, 0.2) is 0 Å². The maximum absolute atomic E-state index is 12.3. The molecule has 0 saturated carbocycles. The third-order valence-corrected chi connectivity index (χ3v) is 4.07. The van der Waals surface area contributed by atoms with E-state index >= 15 is 0 Å². The summed E-state index contributed by atoms with van der Waals surface area (Å²) in [6.07, 6.45) is 7.11. The van der Waals surface area contributed by atoms with Crippen LogP contribution >= 0.6 is 0 Å². The topological polar surface area (TPSA) is 67.7 Å². The van der Waals surface area contributed by atoms with Crippen LogP contribution in [0, 0.1) is 5.92 Å². The second kappa shape index (κ2) is 7.41. The van der Waals surface area contributed by atoms with Gasteiger partial charge in [-0.25, -0.2) is 0 Å². The summed E-state index contributed by atoms with van der Waals surface area (Å²) in [5.41, 5.74) is 0.877. The Labute approximate surface area is 136 Å². The maximum Gasteiger partial charge on any atom is 0.246 e. The number of hydrogen-bond acceptors (Lipinski definition) is 4. The minimum atomic E-state index is -0.102. The van der Waals surface area contributed by atoms with Crippen LogP contribution in [0.2, 0.25) is 0 Å². The highest BCUT2D eigenvalue weighted by atomic mass is 16.5. The number of methoxy groups -OCH3 is 1.